The second kappa shape index (κ2) is 4.90. The number of rotatable bonds is 1. The minimum Gasteiger partial charge on any atom is -0.391 e. The van der Waals surface area contributed by atoms with Crippen LogP contribution < -0.4 is 4.90 Å². The van der Waals surface area contributed by atoms with E-state index in [-0.39, 0.29) is 6.10 Å². The van der Waals surface area contributed by atoms with Crippen LogP contribution in [-0.4, -0.2) is 28.8 Å². The molecular weight excluding hydrogens is 272 g/mol. The number of hydrogen-bond acceptors (Lipinski definition) is 3. The highest BCUT2D eigenvalue weighted by Gasteiger charge is 2.29. The fraction of sp³-hybridized carbons (Fsp3) is 0.438. The Morgan fingerprint density at radius 2 is 2.05 bits per heavy atom. The van der Waals surface area contributed by atoms with E-state index in [4.69, 9.17) is 11.6 Å². The molecule has 2 aromatic rings. The summed E-state index contributed by atoms with van der Waals surface area (Å²) in [5.41, 5.74) is 4.21. The van der Waals surface area contributed by atoms with Gasteiger partial charge in [-0.1, -0.05) is 11.6 Å². The smallest absolute Gasteiger partial charge is 0.0756 e. The van der Waals surface area contributed by atoms with Crippen LogP contribution in [0.15, 0.2) is 18.2 Å². The van der Waals surface area contributed by atoms with Gasteiger partial charge in [0.2, 0.25) is 0 Å². The first kappa shape index (κ1) is 13.7. The lowest BCUT2D eigenvalue weighted by molar-refractivity contribution is 0.195. The van der Waals surface area contributed by atoms with Crippen molar-refractivity contribution in [1.82, 2.24) is 4.98 Å². The van der Waals surface area contributed by atoms with Crippen molar-refractivity contribution in [3.63, 3.8) is 0 Å². The molecule has 0 aliphatic carbocycles. The van der Waals surface area contributed by atoms with Gasteiger partial charge in [0.1, 0.15) is 0 Å². The fourth-order valence-electron chi connectivity index (χ4n) is 3.14. The summed E-state index contributed by atoms with van der Waals surface area (Å²) in [6.07, 6.45) is 0.552. The van der Waals surface area contributed by atoms with Crippen molar-refractivity contribution in [2.24, 2.45) is 0 Å². The van der Waals surface area contributed by atoms with Gasteiger partial charge in [0.25, 0.3) is 0 Å². The third-order valence-electron chi connectivity index (χ3n) is 4.04. The normalized spacial score (nSPS) is 22.8. The number of aromatic nitrogens is 1. The van der Waals surface area contributed by atoms with Crippen LogP contribution in [0.3, 0.4) is 0 Å². The van der Waals surface area contributed by atoms with Crippen LogP contribution in [0.1, 0.15) is 24.6 Å². The van der Waals surface area contributed by atoms with Gasteiger partial charge in [-0.25, -0.2) is 0 Å². The second-order valence-electron chi connectivity index (χ2n) is 5.79. The molecule has 1 N–H and O–H groups in total. The van der Waals surface area contributed by atoms with Gasteiger partial charge in [-0.2, -0.15) is 0 Å². The maximum Gasteiger partial charge on any atom is 0.0756 e. The van der Waals surface area contributed by atoms with Crippen molar-refractivity contribution in [3.8, 4) is 0 Å². The molecule has 4 heteroatoms. The fourth-order valence-corrected chi connectivity index (χ4v) is 3.41. The third kappa shape index (κ3) is 2.25. The number of aliphatic hydroxyl groups excluding tert-OH is 1. The van der Waals surface area contributed by atoms with E-state index in [1.54, 1.807) is 0 Å². The molecule has 0 saturated carbocycles. The molecule has 2 heterocycles. The zero-order valence-corrected chi connectivity index (χ0v) is 12.8. The molecular formula is C16H19ClN2O. The minimum atomic E-state index is -0.256. The lowest BCUT2D eigenvalue weighted by Crippen LogP contribution is -2.27. The van der Waals surface area contributed by atoms with Crippen molar-refractivity contribution in [2.45, 2.75) is 39.3 Å². The SMILES string of the molecule is Cc1cc(N2C[C@@H](O)C[C@H]2C)c2cc(Cl)cc(C)c2n1. The van der Waals surface area contributed by atoms with Crippen LogP contribution >= 0.6 is 11.6 Å². The number of nitrogens with zero attached hydrogens (tertiary/aromatic N) is 2. The molecule has 1 aromatic carbocycles. The average molecular weight is 291 g/mol. The molecule has 0 unspecified atom stereocenters. The Morgan fingerprint density at radius 3 is 2.70 bits per heavy atom. The first-order chi connectivity index (χ1) is 9.45. The van der Waals surface area contributed by atoms with Gasteiger partial charge in [0.15, 0.2) is 0 Å². The summed E-state index contributed by atoms with van der Waals surface area (Å²) in [5.74, 6) is 0. The van der Waals surface area contributed by atoms with E-state index in [0.29, 0.717) is 12.6 Å². The highest BCUT2D eigenvalue weighted by atomic mass is 35.5. The Kier molecular flexibility index (Phi) is 3.35. The van der Waals surface area contributed by atoms with Gasteiger partial charge in [-0.3, -0.25) is 4.98 Å². The quantitative estimate of drug-likeness (QED) is 0.874. The molecule has 1 fully saturated rings. The summed E-state index contributed by atoms with van der Waals surface area (Å²) in [6.45, 7) is 6.86. The number of aryl methyl sites for hydroxylation is 2. The van der Waals surface area contributed by atoms with Crippen molar-refractivity contribution >= 4 is 28.2 Å². The summed E-state index contributed by atoms with van der Waals surface area (Å²) >= 11 is 6.21. The van der Waals surface area contributed by atoms with Crippen LogP contribution in [0.4, 0.5) is 5.69 Å². The summed E-state index contributed by atoms with van der Waals surface area (Å²) in [5, 5.41) is 11.7. The maximum absolute atomic E-state index is 9.90. The molecule has 20 heavy (non-hydrogen) atoms. The molecule has 0 spiro atoms. The first-order valence-corrected chi connectivity index (χ1v) is 7.35. The van der Waals surface area contributed by atoms with E-state index in [1.807, 2.05) is 26.0 Å². The number of benzene rings is 1. The summed E-state index contributed by atoms with van der Waals surface area (Å²) in [4.78, 5) is 6.91. The van der Waals surface area contributed by atoms with Gasteiger partial charge in [-0.05, 0) is 51.0 Å². The van der Waals surface area contributed by atoms with Gasteiger partial charge in [0.05, 0.1) is 11.6 Å². The summed E-state index contributed by atoms with van der Waals surface area (Å²) < 4.78 is 0. The topological polar surface area (TPSA) is 36.4 Å². The van der Waals surface area contributed by atoms with E-state index in [2.05, 4.69) is 22.9 Å². The summed E-state index contributed by atoms with van der Waals surface area (Å²) in [7, 11) is 0. The molecule has 1 aromatic heterocycles. The van der Waals surface area contributed by atoms with Crippen LogP contribution in [0.5, 0.6) is 0 Å². The Hall–Kier alpha value is -1.32. The highest BCUT2D eigenvalue weighted by Crippen LogP contribution is 2.35. The molecule has 0 amide bonds. The molecule has 3 rings (SSSR count). The molecule has 2 atom stereocenters. The molecule has 1 saturated heterocycles. The molecule has 0 bridgehead atoms. The van der Waals surface area contributed by atoms with Gasteiger partial charge < -0.3 is 10.0 Å². The average Bonchev–Trinajstić information content (AvgIpc) is 2.68. The predicted molar refractivity (Wildman–Crippen MR) is 83.7 cm³/mol. The van der Waals surface area contributed by atoms with Crippen molar-refractivity contribution in [3.05, 3.63) is 34.5 Å². The monoisotopic (exact) mass is 290 g/mol. The maximum atomic E-state index is 9.90. The number of pyridine rings is 1. The Morgan fingerprint density at radius 1 is 1.30 bits per heavy atom. The van der Waals surface area contributed by atoms with Crippen LogP contribution in [0, 0.1) is 13.8 Å². The van der Waals surface area contributed by atoms with Crippen molar-refractivity contribution < 1.29 is 5.11 Å². The Labute approximate surface area is 124 Å². The van der Waals surface area contributed by atoms with Crippen LogP contribution in [-0.2, 0) is 0 Å². The predicted octanol–water partition coefficient (Wildman–Crippen LogP) is 3.46. The number of halogens is 1. The number of anilines is 1. The summed E-state index contributed by atoms with van der Waals surface area (Å²) in [6, 6.07) is 6.34. The number of β-amino-alcohol motifs (C(OH)–C–C–N with tert-alkyl or cyclic N) is 1. The number of aliphatic hydroxyl groups is 1. The Bertz CT molecular complexity index is 671. The largest absolute Gasteiger partial charge is 0.391 e. The van der Waals surface area contributed by atoms with Crippen molar-refractivity contribution in [1.29, 1.82) is 0 Å². The Balaban J connectivity index is 2.24. The van der Waals surface area contributed by atoms with Crippen LogP contribution in [0.25, 0.3) is 10.9 Å². The standard InChI is InChI=1S/C16H19ClN2O/c1-9-4-12(17)7-14-15(5-10(2)18-16(9)14)19-8-13(20)6-11(19)3/h4-5,7,11,13,20H,6,8H2,1-3H3/t11-,13+/m1/s1. The number of hydrogen-bond donors (Lipinski definition) is 1. The zero-order valence-electron chi connectivity index (χ0n) is 12.0. The van der Waals surface area contributed by atoms with E-state index >= 15 is 0 Å². The van der Waals surface area contributed by atoms with E-state index in [1.165, 1.54) is 0 Å². The molecule has 1 aliphatic rings. The molecule has 0 radical (unpaired) electrons. The molecule has 106 valence electrons. The molecule has 1 aliphatic heterocycles. The van der Waals surface area contributed by atoms with Gasteiger partial charge in [-0.15, -0.1) is 0 Å². The van der Waals surface area contributed by atoms with E-state index in [9.17, 15) is 5.11 Å². The van der Waals surface area contributed by atoms with Crippen molar-refractivity contribution in [2.75, 3.05) is 11.4 Å². The third-order valence-corrected chi connectivity index (χ3v) is 4.26. The number of fused-ring (bicyclic) bond motifs is 1. The van der Waals surface area contributed by atoms with Gasteiger partial charge >= 0.3 is 0 Å². The first-order valence-electron chi connectivity index (χ1n) is 6.98. The van der Waals surface area contributed by atoms with Gasteiger partial charge in [0, 0.05) is 34.4 Å². The second-order valence-corrected chi connectivity index (χ2v) is 6.23. The van der Waals surface area contributed by atoms with E-state index in [0.717, 1.165) is 39.3 Å². The zero-order chi connectivity index (χ0) is 14.4. The lowest BCUT2D eigenvalue weighted by atomic mass is 10.1. The lowest BCUT2D eigenvalue weighted by Gasteiger charge is -2.25. The highest BCUT2D eigenvalue weighted by molar-refractivity contribution is 6.31. The van der Waals surface area contributed by atoms with Crippen LogP contribution in [0.2, 0.25) is 5.02 Å². The van der Waals surface area contributed by atoms with E-state index < -0.39 is 0 Å². The minimum absolute atomic E-state index is 0.256. The molecule has 3 nitrogen and oxygen atoms in total.